The number of para-hydroxylation sites is 1. The first kappa shape index (κ1) is 13.4. The molecule has 0 saturated carbocycles. The van der Waals surface area contributed by atoms with Crippen LogP contribution >= 0.6 is 0 Å². The molecule has 0 bridgehead atoms. The van der Waals surface area contributed by atoms with E-state index in [9.17, 15) is 13.8 Å². The van der Waals surface area contributed by atoms with E-state index in [0.29, 0.717) is 5.69 Å². The molecule has 0 spiro atoms. The van der Waals surface area contributed by atoms with Crippen molar-refractivity contribution in [1.82, 2.24) is 0 Å². The minimum Gasteiger partial charge on any atom is -0.481 e. The predicted octanol–water partition coefficient (Wildman–Crippen LogP) is 0.767. The van der Waals surface area contributed by atoms with Crippen molar-refractivity contribution in [2.45, 2.75) is 6.92 Å². The lowest BCUT2D eigenvalue weighted by Crippen LogP contribution is -2.23. The minimum absolute atomic E-state index is 0.305. The maximum absolute atomic E-state index is 11.5. The minimum atomic E-state index is -1.67. The van der Waals surface area contributed by atoms with E-state index in [4.69, 9.17) is 5.11 Å². The lowest BCUT2D eigenvalue weighted by molar-refractivity contribution is -0.133. The number of benzene rings is 1. The average molecular weight is 255 g/mol. The SMILES string of the molecule is Cc1ccccc1NC(=O)C[S@](=O)CC(=O)O. The Morgan fingerprint density at radius 1 is 1.29 bits per heavy atom. The van der Waals surface area contributed by atoms with E-state index in [2.05, 4.69) is 5.32 Å². The molecule has 2 N–H and O–H groups in total. The Morgan fingerprint density at radius 2 is 1.94 bits per heavy atom. The van der Waals surface area contributed by atoms with E-state index >= 15 is 0 Å². The van der Waals surface area contributed by atoms with E-state index in [1.807, 2.05) is 19.1 Å². The van der Waals surface area contributed by atoms with Crippen molar-refractivity contribution in [3.63, 3.8) is 0 Å². The fourth-order valence-electron chi connectivity index (χ4n) is 1.23. The molecular formula is C11H13NO4S. The Kier molecular flexibility index (Phi) is 4.84. The summed E-state index contributed by atoms with van der Waals surface area (Å²) in [7, 11) is -1.67. The van der Waals surface area contributed by atoms with Gasteiger partial charge in [-0.25, -0.2) is 0 Å². The second-order valence-electron chi connectivity index (χ2n) is 3.49. The van der Waals surface area contributed by atoms with Crippen LogP contribution in [0.2, 0.25) is 0 Å². The number of hydrogen-bond acceptors (Lipinski definition) is 3. The topological polar surface area (TPSA) is 83.5 Å². The molecule has 0 radical (unpaired) electrons. The molecule has 0 aromatic heterocycles. The molecule has 0 aliphatic heterocycles. The van der Waals surface area contributed by atoms with Crippen molar-refractivity contribution in [3.8, 4) is 0 Å². The number of carboxylic acid groups (broad SMARTS) is 1. The number of hydrogen-bond donors (Lipinski definition) is 2. The summed E-state index contributed by atoms with van der Waals surface area (Å²) in [6.07, 6.45) is 0. The normalized spacial score (nSPS) is 11.8. The van der Waals surface area contributed by atoms with Crippen LogP contribution in [0.3, 0.4) is 0 Å². The average Bonchev–Trinajstić information content (AvgIpc) is 2.19. The van der Waals surface area contributed by atoms with Crippen LogP contribution in [-0.2, 0) is 20.4 Å². The van der Waals surface area contributed by atoms with Crippen LogP contribution in [0.15, 0.2) is 24.3 Å². The highest BCUT2D eigenvalue weighted by Gasteiger charge is 2.12. The molecule has 5 nitrogen and oxygen atoms in total. The van der Waals surface area contributed by atoms with Gasteiger partial charge in [0.2, 0.25) is 5.91 Å². The smallest absolute Gasteiger partial charge is 0.316 e. The lowest BCUT2D eigenvalue weighted by Gasteiger charge is -2.07. The van der Waals surface area contributed by atoms with Gasteiger partial charge in [-0.05, 0) is 18.6 Å². The van der Waals surface area contributed by atoms with Gasteiger partial charge >= 0.3 is 5.97 Å². The lowest BCUT2D eigenvalue weighted by atomic mass is 10.2. The molecule has 1 amide bonds. The quantitative estimate of drug-likeness (QED) is 0.814. The summed E-state index contributed by atoms with van der Waals surface area (Å²) < 4.78 is 11.2. The Bertz CT molecular complexity index is 459. The molecule has 1 aromatic rings. The van der Waals surface area contributed by atoms with Crippen LogP contribution in [0.25, 0.3) is 0 Å². The Morgan fingerprint density at radius 3 is 2.53 bits per heavy atom. The van der Waals surface area contributed by atoms with Gasteiger partial charge in [0.1, 0.15) is 11.5 Å². The summed E-state index contributed by atoms with van der Waals surface area (Å²) in [4.78, 5) is 21.7. The van der Waals surface area contributed by atoms with Crippen LogP contribution in [-0.4, -0.2) is 32.7 Å². The molecule has 1 rings (SSSR count). The molecule has 6 heteroatoms. The monoisotopic (exact) mass is 255 g/mol. The van der Waals surface area contributed by atoms with Gasteiger partial charge in [-0.2, -0.15) is 0 Å². The van der Waals surface area contributed by atoms with E-state index in [1.165, 1.54) is 0 Å². The number of nitrogens with one attached hydrogen (secondary N) is 1. The number of carbonyl (C=O) groups excluding carboxylic acids is 1. The molecule has 0 unspecified atom stereocenters. The summed E-state index contributed by atoms with van der Waals surface area (Å²) in [5.74, 6) is -2.44. The second kappa shape index (κ2) is 6.15. The largest absolute Gasteiger partial charge is 0.481 e. The highest BCUT2D eigenvalue weighted by atomic mass is 32.2. The van der Waals surface area contributed by atoms with Crippen LogP contribution in [0, 0.1) is 6.92 Å². The first-order chi connectivity index (χ1) is 7.99. The van der Waals surface area contributed by atoms with Crippen molar-refractivity contribution in [2.75, 3.05) is 16.8 Å². The van der Waals surface area contributed by atoms with Gasteiger partial charge in [-0.15, -0.1) is 0 Å². The second-order valence-corrected chi connectivity index (χ2v) is 4.94. The molecule has 1 atom stereocenters. The molecule has 0 aliphatic carbocycles. The first-order valence-corrected chi connectivity index (χ1v) is 6.40. The summed E-state index contributed by atoms with van der Waals surface area (Å²) in [6, 6.07) is 7.18. The molecule has 0 heterocycles. The van der Waals surface area contributed by atoms with Crippen molar-refractivity contribution in [3.05, 3.63) is 29.8 Å². The number of carboxylic acids is 1. The highest BCUT2D eigenvalue weighted by molar-refractivity contribution is 7.86. The number of anilines is 1. The predicted molar refractivity (Wildman–Crippen MR) is 65.3 cm³/mol. The molecule has 1 aromatic carbocycles. The molecule has 0 aliphatic rings. The molecule has 17 heavy (non-hydrogen) atoms. The van der Waals surface area contributed by atoms with Crippen molar-refractivity contribution in [2.24, 2.45) is 0 Å². The van der Waals surface area contributed by atoms with Gasteiger partial charge in [0.15, 0.2) is 0 Å². The number of rotatable bonds is 5. The van der Waals surface area contributed by atoms with Gasteiger partial charge in [-0.3, -0.25) is 13.8 Å². The maximum Gasteiger partial charge on any atom is 0.316 e. The molecule has 0 fully saturated rings. The van der Waals surface area contributed by atoms with Crippen LogP contribution in [0.5, 0.6) is 0 Å². The van der Waals surface area contributed by atoms with Crippen molar-refractivity contribution in [1.29, 1.82) is 0 Å². The van der Waals surface area contributed by atoms with Gasteiger partial charge in [0, 0.05) is 16.5 Å². The van der Waals surface area contributed by atoms with E-state index in [0.717, 1.165) is 5.56 Å². The van der Waals surface area contributed by atoms with Crippen LogP contribution in [0.4, 0.5) is 5.69 Å². The van der Waals surface area contributed by atoms with Crippen molar-refractivity contribution >= 4 is 28.4 Å². The molecule has 0 saturated heterocycles. The standard InChI is InChI=1S/C11H13NO4S/c1-8-4-2-3-5-9(8)12-10(13)6-17(16)7-11(14)15/h2-5H,6-7H2,1H3,(H,12,13)(H,14,15)/t17-/m0/s1. The van der Waals surface area contributed by atoms with Gasteiger partial charge in [-0.1, -0.05) is 18.2 Å². The van der Waals surface area contributed by atoms with Gasteiger partial charge in [0.25, 0.3) is 0 Å². The third kappa shape index (κ3) is 4.78. The van der Waals surface area contributed by atoms with Gasteiger partial charge in [0.05, 0.1) is 0 Å². The molecular weight excluding hydrogens is 242 g/mol. The number of aryl methyl sites for hydroxylation is 1. The van der Waals surface area contributed by atoms with Crippen LogP contribution < -0.4 is 5.32 Å². The van der Waals surface area contributed by atoms with Crippen LogP contribution in [0.1, 0.15) is 5.56 Å². The Hall–Kier alpha value is -1.69. The molecule has 92 valence electrons. The zero-order valence-electron chi connectivity index (χ0n) is 9.30. The maximum atomic E-state index is 11.5. The fraction of sp³-hybridized carbons (Fsp3) is 0.273. The van der Waals surface area contributed by atoms with Crippen molar-refractivity contribution < 1.29 is 18.9 Å². The summed E-state index contributed by atoms with van der Waals surface area (Å²) in [5, 5.41) is 11.0. The third-order valence-corrected chi connectivity index (χ3v) is 3.15. The van der Waals surface area contributed by atoms with Gasteiger partial charge < -0.3 is 10.4 Å². The highest BCUT2D eigenvalue weighted by Crippen LogP contribution is 2.12. The zero-order valence-corrected chi connectivity index (χ0v) is 10.1. The first-order valence-electron chi connectivity index (χ1n) is 4.91. The fourth-order valence-corrected chi connectivity index (χ4v) is 1.98. The Balaban J connectivity index is 2.53. The van der Waals surface area contributed by atoms with E-state index in [1.54, 1.807) is 12.1 Å². The van der Waals surface area contributed by atoms with E-state index in [-0.39, 0.29) is 5.75 Å². The Labute approximate surface area is 101 Å². The summed E-state index contributed by atoms with van der Waals surface area (Å²) >= 11 is 0. The number of aliphatic carboxylic acids is 1. The number of carbonyl (C=O) groups is 2. The summed E-state index contributed by atoms with van der Waals surface area (Å²) in [5.41, 5.74) is 1.54. The summed E-state index contributed by atoms with van der Waals surface area (Å²) in [6.45, 7) is 1.84. The third-order valence-electron chi connectivity index (χ3n) is 2.00. The van der Waals surface area contributed by atoms with E-state index < -0.39 is 28.4 Å². The zero-order chi connectivity index (χ0) is 12.8. The number of amides is 1.